The summed E-state index contributed by atoms with van der Waals surface area (Å²) in [6.45, 7) is 7.88. The predicted molar refractivity (Wildman–Crippen MR) is 125 cm³/mol. The number of pyridine rings is 1. The van der Waals surface area contributed by atoms with Crippen molar-refractivity contribution in [2.45, 2.75) is 26.2 Å². The molecule has 1 unspecified atom stereocenters. The molecule has 158 valence electrons. The summed E-state index contributed by atoms with van der Waals surface area (Å²) in [5, 5.41) is 8.51. The van der Waals surface area contributed by atoms with Crippen molar-refractivity contribution in [2.75, 3.05) is 23.8 Å². The summed E-state index contributed by atoms with van der Waals surface area (Å²) in [6.07, 6.45) is 4.82. The molecule has 3 aromatic rings. The molecule has 2 heterocycles. The van der Waals surface area contributed by atoms with Crippen molar-refractivity contribution in [2.24, 2.45) is 11.8 Å². The fraction of sp³-hybridized carbons (Fsp3) is 0.308. The van der Waals surface area contributed by atoms with Crippen molar-refractivity contribution in [3.63, 3.8) is 0 Å². The Balaban J connectivity index is 1.38. The number of ether oxygens (including phenoxy) is 1. The van der Waals surface area contributed by atoms with Gasteiger partial charge < -0.3 is 15.4 Å². The molecule has 31 heavy (non-hydrogen) atoms. The molecule has 1 amide bonds. The minimum absolute atomic E-state index is 0.0779. The summed E-state index contributed by atoms with van der Waals surface area (Å²) in [5.41, 5.74) is 5.57. The zero-order valence-electron chi connectivity index (χ0n) is 17.8. The van der Waals surface area contributed by atoms with Crippen LogP contribution in [0.3, 0.4) is 0 Å². The monoisotopic (exact) mass is 413 g/mol. The third kappa shape index (κ3) is 4.32. The molecule has 5 heteroatoms. The summed E-state index contributed by atoms with van der Waals surface area (Å²) < 4.78 is 5.48. The Labute approximate surface area is 182 Å². The fourth-order valence-electron chi connectivity index (χ4n) is 4.06. The largest absolute Gasteiger partial charge is 0.381 e. The van der Waals surface area contributed by atoms with Crippen molar-refractivity contribution >= 4 is 28.2 Å². The summed E-state index contributed by atoms with van der Waals surface area (Å²) in [6, 6.07) is 14.7. The van der Waals surface area contributed by atoms with E-state index in [0.29, 0.717) is 11.7 Å². The molecule has 0 spiro atoms. The zero-order chi connectivity index (χ0) is 21.4. The number of hydrogen-bond donors (Lipinski definition) is 2. The Hall–Kier alpha value is -3.18. The topological polar surface area (TPSA) is 63.2 Å². The first-order chi connectivity index (χ1) is 15.1. The molecule has 0 radical (unpaired) electrons. The second kappa shape index (κ2) is 8.16. The van der Waals surface area contributed by atoms with Gasteiger partial charge in [-0.3, -0.25) is 4.79 Å². The highest BCUT2D eigenvalue weighted by Gasteiger charge is 2.29. The molecule has 5 nitrogen and oxygen atoms in total. The lowest BCUT2D eigenvalue weighted by Crippen LogP contribution is -2.14. The van der Waals surface area contributed by atoms with Crippen LogP contribution in [0.5, 0.6) is 0 Å². The van der Waals surface area contributed by atoms with Crippen LogP contribution in [0.25, 0.3) is 21.9 Å². The summed E-state index contributed by atoms with van der Waals surface area (Å²) in [7, 11) is 0. The van der Waals surface area contributed by atoms with E-state index in [4.69, 9.17) is 4.74 Å². The minimum atomic E-state index is 0.0779. The van der Waals surface area contributed by atoms with Crippen LogP contribution in [0.15, 0.2) is 60.9 Å². The molecule has 2 aromatic carbocycles. The summed E-state index contributed by atoms with van der Waals surface area (Å²) in [4.78, 5) is 16.5. The molecular weight excluding hydrogens is 386 g/mol. The van der Waals surface area contributed by atoms with Gasteiger partial charge in [-0.15, -0.1) is 0 Å². The maximum Gasteiger partial charge on any atom is 0.228 e. The van der Waals surface area contributed by atoms with Crippen LogP contribution < -0.4 is 10.6 Å². The van der Waals surface area contributed by atoms with Crippen molar-refractivity contribution in [1.82, 2.24) is 4.98 Å². The van der Waals surface area contributed by atoms with E-state index in [9.17, 15) is 4.79 Å². The molecule has 1 saturated carbocycles. The van der Waals surface area contributed by atoms with Gasteiger partial charge in [0.25, 0.3) is 0 Å². The first kappa shape index (κ1) is 19.8. The molecule has 1 atom stereocenters. The van der Waals surface area contributed by atoms with Gasteiger partial charge in [-0.05, 0) is 72.5 Å². The van der Waals surface area contributed by atoms with Crippen molar-refractivity contribution < 1.29 is 9.53 Å². The Morgan fingerprint density at radius 2 is 1.90 bits per heavy atom. The third-order valence-electron chi connectivity index (χ3n) is 6.20. The van der Waals surface area contributed by atoms with Crippen molar-refractivity contribution in [3.05, 3.63) is 66.5 Å². The van der Waals surface area contributed by atoms with Crippen LogP contribution in [-0.4, -0.2) is 24.1 Å². The molecule has 5 rings (SSSR count). The average molecular weight is 414 g/mol. The summed E-state index contributed by atoms with van der Waals surface area (Å²) >= 11 is 0. The lowest BCUT2D eigenvalue weighted by molar-refractivity contribution is -0.117. The normalized spacial score (nSPS) is 18.2. The van der Waals surface area contributed by atoms with E-state index in [-0.39, 0.29) is 11.8 Å². The molecule has 2 aliphatic rings. The molecule has 0 bridgehead atoms. The predicted octanol–water partition coefficient (Wildman–Crippen LogP) is 5.52. The number of nitrogens with zero attached hydrogens (tertiary/aromatic N) is 1. The molecule has 1 aliphatic carbocycles. The third-order valence-corrected chi connectivity index (χ3v) is 6.20. The molecule has 1 saturated heterocycles. The van der Waals surface area contributed by atoms with E-state index in [1.165, 1.54) is 11.1 Å². The maximum absolute atomic E-state index is 12.0. The standard InChI is InChI=1S/C26H27N3O2/c1-16-3-8-23(28-17(2)21-9-10-31-15-21)13-24(16)20-7-6-19-12-25(27-14-22(19)11-20)29-26(30)18-4-5-18/h3,6-8,11-14,18,21,28H,2,4-5,9-10,15H2,1H3,(H,27,29,30). The smallest absolute Gasteiger partial charge is 0.228 e. The Morgan fingerprint density at radius 1 is 1.03 bits per heavy atom. The summed E-state index contributed by atoms with van der Waals surface area (Å²) in [5.74, 6) is 1.23. The number of rotatable bonds is 6. The highest BCUT2D eigenvalue weighted by Crippen LogP contribution is 2.32. The fourth-order valence-corrected chi connectivity index (χ4v) is 4.06. The number of aryl methyl sites for hydroxylation is 1. The number of anilines is 2. The van der Waals surface area contributed by atoms with Gasteiger partial charge in [0.15, 0.2) is 0 Å². The van der Waals surface area contributed by atoms with E-state index >= 15 is 0 Å². The van der Waals surface area contributed by atoms with Crippen LogP contribution in [0.4, 0.5) is 11.5 Å². The first-order valence-electron chi connectivity index (χ1n) is 10.9. The van der Waals surface area contributed by atoms with Crippen LogP contribution in [0.2, 0.25) is 0 Å². The van der Waals surface area contributed by atoms with E-state index in [1.807, 2.05) is 12.3 Å². The highest BCUT2D eigenvalue weighted by molar-refractivity contribution is 5.96. The highest BCUT2D eigenvalue weighted by atomic mass is 16.5. The van der Waals surface area contributed by atoms with Gasteiger partial charge in [0.05, 0.1) is 6.61 Å². The Bertz CT molecular complexity index is 1160. The van der Waals surface area contributed by atoms with Crippen molar-refractivity contribution in [3.8, 4) is 11.1 Å². The van der Waals surface area contributed by atoms with Crippen LogP contribution in [0.1, 0.15) is 24.8 Å². The number of carbonyl (C=O) groups is 1. The van der Waals surface area contributed by atoms with Crippen molar-refractivity contribution in [1.29, 1.82) is 0 Å². The quantitative estimate of drug-likeness (QED) is 0.558. The number of nitrogens with one attached hydrogen (secondary N) is 2. The number of amides is 1. The number of benzene rings is 2. The average Bonchev–Trinajstić information content (AvgIpc) is 3.48. The Kier molecular flexibility index (Phi) is 5.20. The maximum atomic E-state index is 12.0. The van der Waals surface area contributed by atoms with E-state index < -0.39 is 0 Å². The number of hydrogen-bond acceptors (Lipinski definition) is 4. The van der Waals surface area contributed by atoms with Crippen LogP contribution in [0, 0.1) is 18.8 Å². The van der Waals surface area contributed by atoms with Crippen LogP contribution >= 0.6 is 0 Å². The Morgan fingerprint density at radius 3 is 2.68 bits per heavy atom. The molecule has 1 aliphatic heterocycles. The number of fused-ring (bicyclic) bond motifs is 1. The van der Waals surface area contributed by atoms with Gasteiger partial charge in [-0.25, -0.2) is 4.98 Å². The molecule has 1 aromatic heterocycles. The zero-order valence-corrected chi connectivity index (χ0v) is 17.8. The van der Waals surface area contributed by atoms with E-state index in [1.54, 1.807) is 0 Å². The minimum Gasteiger partial charge on any atom is -0.381 e. The SMILES string of the molecule is C=C(Nc1ccc(C)c(-c2ccc3cc(NC(=O)C4CC4)ncc3c2)c1)C1CCOC1. The van der Waals surface area contributed by atoms with E-state index in [2.05, 4.69) is 65.5 Å². The second-order valence-electron chi connectivity index (χ2n) is 8.64. The number of carbonyl (C=O) groups excluding carboxylic acids is 1. The van der Waals surface area contributed by atoms with Gasteiger partial charge in [0.1, 0.15) is 5.82 Å². The van der Waals surface area contributed by atoms with Crippen LogP contribution in [-0.2, 0) is 9.53 Å². The molecule has 2 fully saturated rings. The van der Waals surface area contributed by atoms with Gasteiger partial charge >= 0.3 is 0 Å². The van der Waals surface area contributed by atoms with E-state index in [0.717, 1.165) is 60.2 Å². The second-order valence-corrected chi connectivity index (χ2v) is 8.64. The van der Waals surface area contributed by atoms with Gasteiger partial charge in [0, 0.05) is 41.4 Å². The van der Waals surface area contributed by atoms with Gasteiger partial charge in [0.2, 0.25) is 5.91 Å². The van der Waals surface area contributed by atoms with Gasteiger partial charge in [-0.2, -0.15) is 0 Å². The van der Waals surface area contributed by atoms with Gasteiger partial charge in [-0.1, -0.05) is 24.8 Å². The molecule has 2 N–H and O–H groups in total. The number of aromatic nitrogens is 1. The lowest BCUT2D eigenvalue weighted by atomic mass is 9.97. The lowest BCUT2D eigenvalue weighted by Gasteiger charge is -2.16. The first-order valence-corrected chi connectivity index (χ1v) is 10.9. The molecular formula is C26H27N3O2.